The predicted molar refractivity (Wildman–Crippen MR) is 57.5 cm³/mol. The van der Waals surface area contributed by atoms with Gasteiger partial charge in [-0.05, 0) is 25.7 Å². The summed E-state index contributed by atoms with van der Waals surface area (Å²) >= 11 is 0. The minimum atomic E-state index is 0.603. The summed E-state index contributed by atoms with van der Waals surface area (Å²) in [5.41, 5.74) is 1.61. The van der Waals surface area contributed by atoms with Gasteiger partial charge in [-0.2, -0.15) is 0 Å². The maximum absolute atomic E-state index is 2.42. The molecule has 68 valence electrons. The fourth-order valence-corrected chi connectivity index (χ4v) is 1.93. The predicted octanol–water partition coefficient (Wildman–Crippen LogP) is 3.79. The smallest absolute Gasteiger partial charge is 0.0163 e. The Hall–Kier alpha value is -1.04. The molecule has 0 amide bonds. The Bertz CT molecular complexity index is 264. The average molecular weight is 172 g/mol. The lowest BCUT2D eigenvalue weighted by molar-refractivity contribution is 0.818. The third-order valence-corrected chi connectivity index (χ3v) is 2.68. The molecule has 0 nitrogen and oxygen atoms in total. The van der Waals surface area contributed by atoms with Gasteiger partial charge in [0, 0.05) is 5.92 Å². The van der Waals surface area contributed by atoms with Crippen molar-refractivity contribution in [1.82, 2.24) is 0 Å². The molecule has 0 saturated carbocycles. The van der Waals surface area contributed by atoms with Crippen LogP contribution >= 0.6 is 0 Å². The molecular weight excluding hydrogens is 156 g/mol. The molecule has 0 aromatic heterocycles. The van der Waals surface area contributed by atoms with Gasteiger partial charge in [-0.1, -0.05) is 48.1 Å². The van der Waals surface area contributed by atoms with E-state index in [2.05, 4.69) is 42.5 Å². The van der Waals surface area contributed by atoms with Crippen molar-refractivity contribution in [1.29, 1.82) is 0 Å². The van der Waals surface area contributed by atoms with Crippen molar-refractivity contribution in [3.63, 3.8) is 0 Å². The summed E-state index contributed by atoms with van der Waals surface area (Å²) in [6.07, 6.45) is 20.8. The van der Waals surface area contributed by atoms with Gasteiger partial charge in [-0.15, -0.1) is 0 Å². The van der Waals surface area contributed by atoms with E-state index in [0.29, 0.717) is 5.92 Å². The highest BCUT2D eigenvalue weighted by Gasteiger charge is 2.09. The molecule has 0 aromatic rings. The molecule has 2 rings (SSSR count). The van der Waals surface area contributed by atoms with Crippen molar-refractivity contribution in [2.24, 2.45) is 5.92 Å². The Kier molecular flexibility index (Phi) is 2.81. The van der Waals surface area contributed by atoms with Crippen molar-refractivity contribution in [2.45, 2.75) is 25.7 Å². The van der Waals surface area contributed by atoms with Crippen LogP contribution in [0.1, 0.15) is 25.7 Å². The first-order chi connectivity index (χ1) is 6.47. The highest BCUT2D eigenvalue weighted by Crippen LogP contribution is 2.25. The normalized spacial score (nSPS) is 22.9. The Labute approximate surface area is 80.3 Å². The SMILES string of the molecule is C1=CC(C2=CCCC=CCC2)C=C1. The molecule has 0 heterocycles. The summed E-state index contributed by atoms with van der Waals surface area (Å²) in [5, 5.41) is 0. The van der Waals surface area contributed by atoms with Crippen LogP contribution in [0.15, 0.2) is 48.1 Å². The van der Waals surface area contributed by atoms with Crippen LogP contribution in [0.4, 0.5) is 0 Å². The zero-order valence-electron chi connectivity index (χ0n) is 7.95. The molecule has 0 fully saturated rings. The van der Waals surface area contributed by atoms with Crippen LogP contribution in [0.5, 0.6) is 0 Å². The maximum atomic E-state index is 2.42. The second kappa shape index (κ2) is 4.27. The molecule has 0 heteroatoms. The Morgan fingerprint density at radius 3 is 2.54 bits per heavy atom. The summed E-state index contributed by atoms with van der Waals surface area (Å²) < 4.78 is 0. The van der Waals surface area contributed by atoms with Gasteiger partial charge in [0.15, 0.2) is 0 Å². The Morgan fingerprint density at radius 2 is 1.69 bits per heavy atom. The lowest BCUT2D eigenvalue weighted by Gasteiger charge is -2.12. The first-order valence-corrected chi connectivity index (χ1v) is 5.16. The molecule has 2 aliphatic rings. The first kappa shape index (κ1) is 8.55. The lowest BCUT2D eigenvalue weighted by atomic mass is 9.93. The number of rotatable bonds is 1. The van der Waals surface area contributed by atoms with E-state index in [4.69, 9.17) is 0 Å². The van der Waals surface area contributed by atoms with Crippen molar-refractivity contribution >= 4 is 0 Å². The fraction of sp³-hybridized carbons (Fsp3) is 0.385. The molecule has 0 atom stereocenters. The standard InChI is InChI=1S/C13H16/c1-2-4-8-12(9-5-3-1)13-10-6-7-11-13/h1-2,6-7,9-11,13H,3-5,8H2. The van der Waals surface area contributed by atoms with Crippen molar-refractivity contribution in [3.8, 4) is 0 Å². The van der Waals surface area contributed by atoms with Crippen molar-refractivity contribution in [3.05, 3.63) is 48.1 Å². The second-order valence-electron chi connectivity index (χ2n) is 3.66. The van der Waals surface area contributed by atoms with Crippen LogP contribution < -0.4 is 0 Å². The highest BCUT2D eigenvalue weighted by atomic mass is 14.1. The van der Waals surface area contributed by atoms with Crippen LogP contribution in [0.2, 0.25) is 0 Å². The van der Waals surface area contributed by atoms with E-state index in [1.165, 1.54) is 25.7 Å². The van der Waals surface area contributed by atoms with Gasteiger partial charge in [0.1, 0.15) is 0 Å². The van der Waals surface area contributed by atoms with Gasteiger partial charge in [-0.25, -0.2) is 0 Å². The summed E-state index contributed by atoms with van der Waals surface area (Å²) in [5.74, 6) is 0.603. The van der Waals surface area contributed by atoms with Crippen LogP contribution in [0.25, 0.3) is 0 Å². The molecule has 0 saturated heterocycles. The zero-order chi connectivity index (χ0) is 8.93. The van der Waals surface area contributed by atoms with E-state index < -0.39 is 0 Å². The third kappa shape index (κ3) is 2.21. The van der Waals surface area contributed by atoms with E-state index in [1.807, 2.05) is 0 Å². The molecule has 0 aliphatic heterocycles. The van der Waals surface area contributed by atoms with Crippen LogP contribution in [0, 0.1) is 5.92 Å². The van der Waals surface area contributed by atoms with E-state index in [-0.39, 0.29) is 0 Å². The minimum Gasteiger partial charge on any atom is -0.0882 e. The van der Waals surface area contributed by atoms with Gasteiger partial charge in [-0.3, -0.25) is 0 Å². The Morgan fingerprint density at radius 1 is 0.923 bits per heavy atom. The van der Waals surface area contributed by atoms with Crippen LogP contribution in [-0.2, 0) is 0 Å². The molecular formula is C13H16. The van der Waals surface area contributed by atoms with Gasteiger partial charge >= 0.3 is 0 Å². The average Bonchev–Trinajstić information content (AvgIpc) is 2.55. The summed E-state index contributed by atoms with van der Waals surface area (Å²) in [4.78, 5) is 0. The topological polar surface area (TPSA) is 0 Å². The van der Waals surface area contributed by atoms with Crippen molar-refractivity contribution < 1.29 is 0 Å². The van der Waals surface area contributed by atoms with E-state index in [1.54, 1.807) is 5.57 Å². The second-order valence-corrected chi connectivity index (χ2v) is 3.66. The molecule has 0 unspecified atom stereocenters. The molecule has 13 heavy (non-hydrogen) atoms. The van der Waals surface area contributed by atoms with Gasteiger partial charge in [0.05, 0.1) is 0 Å². The number of allylic oxidation sites excluding steroid dienone is 8. The largest absolute Gasteiger partial charge is 0.0882 e. The zero-order valence-corrected chi connectivity index (χ0v) is 7.95. The molecule has 0 radical (unpaired) electrons. The van der Waals surface area contributed by atoms with Crippen LogP contribution in [0.3, 0.4) is 0 Å². The van der Waals surface area contributed by atoms with Gasteiger partial charge < -0.3 is 0 Å². The van der Waals surface area contributed by atoms with Gasteiger partial charge in [0.2, 0.25) is 0 Å². The van der Waals surface area contributed by atoms with E-state index in [0.717, 1.165) is 0 Å². The first-order valence-electron chi connectivity index (χ1n) is 5.16. The fourth-order valence-electron chi connectivity index (χ4n) is 1.93. The highest BCUT2D eigenvalue weighted by molar-refractivity contribution is 5.29. The number of hydrogen-bond donors (Lipinski definition) is 0. The summed E-state index contributed by atoms with van der Waals surface area (Å²) in [7, 11) is 0. The van der Waals surface area contributed by atoms with Crippen molar-refractivity contribution in [2.75, 3.05) is 0 Å². The van der Waals surface area contributed by atoms with Crippen LogP contribution in [-0.4, -0.2) is 0 Å². The summed E-state index contributed by atoms with van der Waals surface area (Å²) in [6, 6.07) is 0. The molecule has 0 bridgehead atoms. The van der Waals surface area contributed by atoms with E-state index >= 15 is 0 Å². The molecule has 0 N–H and O–H groups in total. The maximum Gasteiger partial charge on any atom is 0.0163 e. The monoisotopic (exact) mass is 172 g/mol. The lowest BCUT2D eigenvalue weighted by Crippen LogP contribution is -1.96. The third-order valence-electron chi connectivity index (χ3n) is 2.68. The minimum absolute atomic E-state index is 0.603. The Balaban J connectivity index is 2.04. The molecule has 0 aromatic carbocycles. The summed E-state index contributed by atoms with van der Waals surface area (Å²) in [6.45, 7) is 0. The van der Waals surface area contributed by atoms with Gasteiger partial charge in [0.25, 0.3) is 0 Å². The molecule has 2 aliphatic carbocycles. The van der Waals surface area contributed by atoms with E-state index in [9.17, 15) is 0 Å². The number of hydrogen-bond acceptors (Lipinski definition) is 0. The quantitative estimate of drug-likeness (QED) is 0.528. The molecule has 0 spiro atoms.